The molecular weight excluding hydrogens is 568 g/mol. The fraction of sp³-hybridized carbons (Fsp3) is 0.286. The van der Waals surface area contributed by atoms with Crippen LogP contribution in [0.15, 0.2) is 65.7 Å². The molecule has 1 N–H and O–H groups in total. The molecule has 8 nitrogen and oxygen atoms in total. The summed E-state index contributed by atoms with van der Waals surface area (Å²) >= 11 is 5.69. The fourth-order valence-electron chi connectivity index (χ4n) is 5.14. The molecule has 3 aromatic rings. The number of aliphatic carboxylic acids is 1. The maximum Gasteiger partial charge on any atom is 0.416 e. The van der Waals surface area contributed by atoms with Crippen molar-refractivity contribution in [1.29, 1.82) is 0 Å². The van der Waals surface area contributed by atoms with Gasteiger partial charge in [0.1, 0.15) is 29.1 Å². The maximum atomic E-state index is 15.1. The lowest BCUT2D eigenvalue weighted by Crippen LogP contribution is -2.55. The molecule has 2 aliphatic heterocycles. The Morgan fingerprint density at radius 1 is 1.05 bits per heavy atom. The van der Waals surface area contributed by atoms with Crippen molar-refractivity contribution in [2.45, 2.75) is 18.6 Å². The molecular formula is C28H25ClF4N4O4. The molecule has 0 radical (unpaired) electrons. The molecule has 2 aliphatic rings. The summed E-state index contributed by atoms with van der Waals surface area (Å²) in [7, 11) is 1.57. The summed E-state index contributed by atoms with van der Waals surface area (Å²) in [6, 6.07) is 13.2. The molecule has 2 heterocycles. The highest BCUT2D eigenvalue weighted by molar-refractivity contribution is 6.10. The molecule has 216 valence electrons. The predicted molar refractivity (Wildman–Crippen MR) is 146 cm³/mol. The van der Waals surface area contributed by atoms with E-state index in [0.717, 1.165) is 23.9 Å². The summed E-state index contributed by atoms with van der Waals surface area (Å²) in [5.41, 5.74) is -0.0804. The van der Waals surface area contributed by atoms with Crippen LogP contribution in [-0.2, 0) is 11.0 Å². The topological polar surface area (TPSA) is 77.8 Å². The van der Waals surface area contributed by atoms with Gasteiger partial charge in [-0.1, -0.05) is 18.2 Å². The first-order chi connectivity index (χ1) is 19.6. The second kappa shape index (κ2) is 11.4. The van der Waals surface area contributed by atoms with Crippen LogP contribution in [0.1, 0.15) is 23.6 Å². The number of alkyl halides is 3. The Morgan fingerprint density at radius 2 is 1.76 bits per heavy atom. The molecule has 1 fully saturated rings. The average Bonchev–Trinajstić information content (AvgIpc) is 2.96. The number of para-hydroxylation sites is 1. The Bertz CT molecular complexity index is 1480. The van der Waals surface area contributed by atoms with E-state index in [1.165, 1.54) is 23.1 Å². The van der Waals surface area contributed by atoms with E-state index >= 15 is 4.39 Å². The van der Waals surface area contributed by atoms with E-state index in [0.29, 0.717) is 31.9 Å². The smallest absolute Gasteiger partial charge is 0.416 e. The van der Waals surface area contributed by atoms with Gasteiger partial charge in [0.2, 0.25) is 5.96 Å². The number of nitrogens with zero attached hydrogens (tertiary/aromatic N) is 4. The Morgan fingerprint density at radius 3 is 2.41 bits per heavy atom. The Labute approximate surface area is 238 Å². The van der Waals surface area contributed by atoms with E-state index in [2.05, 4.69) is 9.89 Å². The van der Waals surface area contributed by atoms with Crippen LogP contribution in [-0.4, -0.2) is 55.2 Å². The lowest BCUT2D eigenvalue weighted by atomic mass is 9.96. The van der Waals surface area contributed by atoms with Crippen molar-refractivity contribution >= 4 is 40.9 Å². The van der Waals surface area contributed by atoms with Gasteiger partial charge in [-0.2, -0.15) is 13.2 Å². The van der Waals surface area contributed by atoms with Crippen LogP contribution in [0.25, 0.3) is 0 Å². The summed E-state index contributed by atoms with van der Waals surface area (Å²) in [6.07, 6.45) is -5.27. The predicted octanol–water partition coefficient (Wildman–Crippen LogP) is 6.23. The number of rotatable bonds is 6. The van der Waals surface area contributed by atoms with Crippen molar-refractivity contribution in [2.75, 3.05) is 43.1 Å². The normalized spacial score (nSPS) is 17.2. The summed E-state index contributed by atoms with van der Waals surface area (Å²) in [6.45, 7) is 1.70. The van der Waals surface area contributed by atoms with Gasteiger partial charge in [-0.3, -0.25) is 4.79 Å². The third-order valence-electron chi connectivity index (χ3n) is 7.09. The number of carbonyl (C=O) groups is 1. The number of ether oxygens (including phenoxy) is 1. The van der Waals surface area contributed by atoms with Gasteiger partial charge in [-0.05, 0) is 36.4 Å². The minimum atomic E-state index is -4.71. The first kappa shape index (κ1) is 28.3. The lowest BCUT2D eigenvalue weighted by molar-refractivity contribution is -0.138. The molecule has 1 atom stereocenters. The Kier molecular flexibility index (Phi) is 7.85. The number of anilines is 2. The van der Waals surface area contributed by atoms with Gasteiger partial charge in [-0.15, -0.1) is 0 Å². The zero-order valence-electron chi connectivity index (χ0n) is 21.7. The summed E-state index contributed by atoms with van der Waals surface area (Å²) in [5, 5.41) is 9.81. The summed E-state index contributed by atoms with van der Waals surface area (Å²) < 4.78 is 66.7. The van der Waals surface area contributed by atoms with Gasteiger partial charge in [0.25, 0.3) is 0 Å². The van der Waals surface area contributed by atoms with E-state index < -0.39 is 36.0 Å². The van der Waals surface area contributed by atoms with E-state index in [1.807, 2.05) is 24.3 Å². The highest BCUT2D eigenvalue weighted by Gasteiger charge is 2.40. The minimum absolute atomic E-state index is 0.0689. The van der Waals surface area contributed by atoms with Crippen molar-refractivity contribution in [3.63, 3.8) is 0 Å². The van der Waals surface area contributed by atoms with Gasteiger partial charge in [0, 0.05) is 43.5 Å². The maximum absolute atomic E-state index is 15.1. The first-order valence-corrected chi connectivity index (χ1v) is 12.9. The molecule has 1 saturated heterocycles. The standard InChI is InChI=1S/C28H25ClF4N4O4/c1-40-19-5-2-4-18(15-19)35-10-12-36(13-11-35)27-34-26-20(6-3-7-21(26)30)22(16-25(38)39)37(27)23-14-17(28(31,32)33)8-9-24(23)41-29/h2-9,14-15,22H,10-13,16H2,1H3,(H,38,39)/t22-/m0/s1. The van der Waals surface area contributed by atoms with E-state index in [9.17, 15) is 23.1 Å². The third-order valence-corrected chi connectivity index (χ3v) is 7.26. The van der Waals surface area contributed by atoms with Crippen LogP contribution >= 0.6 is 11.9 Å². The number of aliphatic imine (C=N–C) groups is 1. The number of fused-ring (bicyclic) bond motifs is 1. The number of halogens is 5. The minimum Gasteiger partial charge on any atom is -0.497 e. The monoisotopic (exact) mass is 592 g/mol. The van der Waals surface area contributed by atoms with Gasteiger partial charge < -0.3 is 28.8 Å². The molecule has 0 unspecified atom stereocenters. The summed E-state index contributed by atoms with van der Waals surface area (Å²) in [5.74, 6) is -1.27. The molecule has 0 aliphatic carbocycles. The average molecular weight is 593 g/mol. The van der Waals surface area contributed by atoms with Gasteiger partial charge in [0.15, 0.2) is 5.75 Å². The van der Waals surface area contributed by atoms with Gasteiger partial charge in [-0.25, -0.2) is 9.38 Å². The van der Waals surface area contributed by atoms with Crippen LogP contribution in [0.2, 0.25) is 0 Å². The van der Waals surface area contributed by atoms with Crippen molar-refractivity contribution in [1.82, 2.24) is 4.90 Å². The largest absolute Gasteiger partial charge is 0.497 e. The van der Waals surface area contributed by atoms with Crippen LogP contribution in [0.4, 0.5) is 34.6 Å². The number of piperazine rings is 1. The zero-order valence-corrected chi connectivity index (χ0v) is 22.5. The van der Waals surface area contributed by atoms with Crippen LogP contribution in [0.5, 0.6) is 11.5 Å². The van der Waals surface area contributed by atoms with Crippen molar-refractivity contribution in [2.24, 2.45) is 4.99 Å². The van der Waals surface area contributed by atoms with Crippen molar-refractivity contribution in [3.8, 4) is 11.5 Å². The Hall–Kier alpha value is -4.19. The van der Waals surface area contributed by atoms with E-state index in [-0.39, 0.29) is 28.6 Å². The molecule has 5 rings (SSSR count). The van der Waals surface area contributed by atoms with Crippen LogP contribution < -0.4 is 18.8 Å². The highest BCUT2D eigenvalue weighted by Crippen LogP contribution is 2.46. The molecule has 0 aromatic heterocycles. The third kappa shape index (κ3) is 5.69. The SMILES string of the molecule is COc1cccc(N2CCN(C3=Nc4c(F)cccc4[C@H](CC(=O)O)N3c3cc(C(F)(F)F)ccc3OCl)CC2)c1. The van der Waals surface area contributed by atoms with Gasteiger partial charge in [0.05, 0.1) is 30.8 Å². The molecule has 13 heteroatoms. The number of methoxy groups -OCH3 is 1. The fourth-order valence-corrected chi connectivity index (χ4v) is 5.27. The number of carboxylic acid groups (broad SMARTS) is 1. The lowest BCUT2D eigenvalue weighted by Gasteiger charge is -2.45. The highest BCUT2D eigenvalue weighted by atomic mass is 35.5. The second-order valence-electron chi connectivity index (χ2n) is 9.51. The van der Waals surface area contributed by atoms with Crippen molar-refractivity contribution < 1.29 is 36.5 Å². The van der Waals surface area contributed by atoms with Crippen LogP contribution in [0, 0.1) is 5.82 Å². The molecule has 41 heavy (non-hydrogen) atoms. The molecule has 0 amide bonds. The van der Waals surface area contributed by atoms with Crippen molar-refractivity contribution in [3.05, 3.63) is 77.6 Å². The number of hydrogen-bond acceptors (Lipinski definition) is 7. The van der Waals surface area contributed by atoms with E-state index in [4.69, 9.17) is 20.9 Å². The molecule has 0 spiro atoms. The molecule has 3 aromatic carbocycles. The number of guanidine groups is 1. The van der Waals surface area contributed by atoms with Crippen LogP contribution in [0.3, 0.4) is 0 Å². The Balaban J connectivity index is 1.60. The summed E-state index contributed by atoms with van der Waals surface area (Å²) in [4.78, 5) is 21.8. The number of hydrogen-bond donors (Lipinski definition) is 1. The van der Waals surface area contributed by atoms with E-state index in [1.54, 1.807) is 12.0 Å². The zero-order chi connectivity index (χ0) is 29.3. The molecule has 0 bridgehead atoms. The quantitative estimate of drug-likeness (QED) is 0.340. The molecule has 0 saturated carbocycles. The first-order valence-electron chi connectivity index (χ1n) is 12.6. The second-order valence-corrected chi connectivity index (χ2v) is 9.66. The van der Waals surface area contributed by atoms with Gasteiger partial charge >= 0.3 is 12.1 Å². The number of carboxylic acids is 1. The number of benzene rings is 3.